The van der Waals surface area contributed by atoms with Crippen molar-refractivity contribution in [3.8, 4) is 11.5 Å². The number of halogens is 1. The summed E-state index contributed by atoms with van der Waals surface area (Å²) < 4.78 is 22.9. The van der Waals surface area contributed by atoms with Gasteiger partial charge in [0.1, 0.15) is 11.5 Å². The maximum absolute atomic E-state index is 13.2. The first kappa shape index (κ1) is 25.8. The lowest BCUT2D eigenvalue weighted by molar-refractivity contribution is 0.102. The third kappa shape index (κ3) is 6.46. The van der Waals surface area contributed by atoms with Crippen LogP contribution >= 0.6 is 30.8 Å². The van der Waals surface area contributed by atoms with Gasteiger partial charge in [-0.1, -0.05) is 17.7 Å². The Morgan fingerprint density at radius 1 is 0.971 bits per heavy atom. The lowest BCUT2D eigenvalue weighted by Crippen LogP contribution is -2.48. The molecule has 0 fully saturated rings. The normalized spacial score (nSPS) is 13.7. The molecule has 0 aliphatic rings. The number of aliphatic hydroxyl groups is 1. The summed E-state index contributed by atoms with van der Waals surface area (Å²) in [6, 6.07) is 17.8. The van der Waals surface area contributed by atoms with Gasteiger partial charge < -0.3 is 25.4 Å². The number of rotatable bonds is 9. The molecule has 1 atom stereocenters. The summed E-state index contributed by atoms with van der Waals surface area (Å²) >= 11 is 7.38. The molecule has 0 bridgehead atoms. The van der Waals surface area contributed by atoms with Gasteiger partial charge in [-0.05, 0) is 73.0 Å². The van der Waals surface area contributed by atoms with Gasteiger partial charge in [-0.2, -0.15) is 0 Å². The van der Waals surface area contributed by atoms with Gasteiger partial charge in [0.05, 0.1) is 18.8 Å². The molecule has 4 rings (SSSR count). The summed E-state index contributed by atoms with van der Waals surface area (Å²) in [5, 5.41) is 11.3. The van der Waals surface area contributed by atoms with Crippen LogP contribution in [0.25, 0.3) is 20.2 Å². The minimum Gasteiger partial charge on any atom is -0.457 e. The number of hydrogen-bond acceptors (Lipinski definition) is 7. The maximum atomic E-state index is 13.2. The van der Waals surface area contributed by atoms with E-state index in [1.807, 2.05) is 18.2 Å². The summed E-state index contributed by atoms with van der Waals surface area (Å²) in [6.07, 6.45) is 0.582. The molecular formula is C24H23ClNO7PS. The SMILES string of the molecule is NC(CO)(CCc1ccc2sc3cc(Oc4ccc(Cl)cc4)ccc3c(=O)c2c1)COP(=O)(O)O. The van der Waals surface area contributed by atoms with E-state index < -0.39 is 26.6 Å². The molecule has 0 amide bonds. The van der Waals surface area contributed by atoms with Crippen molar-refractivity contribution in [3.05, 3.63) is 81.5 Å². The average molecular weight is 536 g/mol. The van der Waals surface area contributed by atoms with Crippen molar-refractivity contribution >= 4 is 50.9 Å². The molecule has 0 saturated carbocycles. The van der Waals surface area contributed by atoms with Crippen molar-refractivity contribution in [2.24, 2.45) is 5.73 Å². The summed E-state index contributed by atoms with van der Waals surface area (Å²) in [6.45, 7) is -1.01. The molecule has 0 aliphatic carbocycles. The highest BCUT2D eigenvalue weighted by atomic mass is 35.5. The number of nitrogens with two attached hydrogens (primary N) is 1. The predicted molar refractivity (Wildman–Crippen MR) is 137 cm³/mol. The molecule has 1 unspecified atom stereocenters. The summed E-state index contributed by atoms with van der Waals surface area (Å²) in [7, 11) is -4.70. The van der Waals surface area contributed by atoms with Crippen molar-refractivity contribution in [1.29, 1.82) is 0 Å². The van der Waals surface area contributed by atoms with E-state index in [1.54, 1.807) is 42.5 Å². The van der Waals surface area contributed by atoms with Gasteiger partial charge >= 0.3 is 7.82 Å². The van der Waals surface area contributed by atoms with Gasteiger partial charge in [0, 0.05) is 25.2 Å². The minimum atomic E-state index is -4.70. The number of ether oxygens (including phenoxy) is 1. The first-order valence-electron chi connectivity index (χ1n) is 10.6. The fourth-order valence-electron chi connectivity index (χ4n) is 3.54. The molecule has 35 heavy (non-hydrogen) atoms. The molecule has 0 radical (unpaired) electrons. The van der Waals surface area contributed by atoms with Crippen LogP contribution in [0, 0.1) is 0 Å². The zero-order valence-electron chi connectivity index (χ0n) is 18.4. The Hall–Kier alpha value is -2.33. The molecule has 0 saturated heterocycles. The molecule has 0 spiro atoms. The predicted octanol–water partition coefficient (Wildman–Crippen LogP) is 4.59. The number of hydrogen-bond donors (Lipinski definition) is 4. The Kier molecular flexibility index (Phi) is 7.61. The lowest BCUT2D eigenvalue weighted by Gasteiger charge is -2.27. The van der Waals surface area contributed by atoms with E-state index in [9.17, 15) is 14.5 Å². The largest absolute Gasteiger partial charge is 0.469 e. The van der Waals surface area contributed by atoms with E-state index in [2.05, 4.69) is 4.52 Å². The van der Waals surface area contributed by atoms with Crippen LogP contribution in [-0.4, -0.2) is 33.6 Å². The van der Waals surface area contributed by atoms with Crippen LogP contribution in [0.2, 0.25) is 5.02 Å². The zero-order valence-corrected chi connectivity index (χ0v) is 20.9. The van der Waals surface area contributed by atoms with Gasteiger partial charge in [-0.25, -0.2) is 4.57 Å². The standard InChI is InChI=1S/C24H23ClNO7PS/c25-16-2-4-17(5-3-16)33-18-6-7-19-22(12-18)35-21-8-1-15(11-20(21)23(19)28)9-10-24(26,13-27)14-32-34(29,30)31/h1-8,11-12,27H,9-10,13-14,26H2,(H2,29,30,31). The smallest absolute Gasteiger partial charge is 0.457 e. The average Bonchev–Trinajstić information content (AvgIpc) is 2.83. The van der Waals surface area contributed by atoms with Crippen molar-refractivity contribution in [1.82, 2.24) is 0 Å². The van der Waals surface area contributed by atoms with Gasteiger partial charge in [-0.15, -0.1) is 11.3 Å². The highest BCUT2D eigenvalue weighted by Gasteiger charge is 2.28. The highest BCUT2D eigenvalue weighted by Crippen LogP contribution is 2.37. The molecule has 5 N–H and O–H groups in total. The first-order chi connectivity index (χ1) is 16.5. The van der Waals surface area contributed by atoms with Gasteiger partial charge in [-0.3, -0.25) is 9.32 Å². The Balaban J connectivity index is 1.57. The van der Waals surface area contributed by atoms with Crippen molar-refractivity contribution in [2.45, 2.75) is 18.4 Å². The molecule has 4 aromatic rings. The number of benzene rings is 3. The zero-order chi connectivity index (χ0) is 25.2. The minimum absolute atomic E-state index is 0.111. The lowest BCUT2D eigenvalue weighted by atomic mass is 9.93. The number of aryl methyl sites for hydroxylation is 1. The van der Waals surface area contributed by atoms with Gasteiger partial charge in [0.15, 0.2) is 5.43 Å². The van der Waals surface area contributed by atoms with Crippen molar-refractivity contribution in [3.63, 3.8) is 0 Å². The van der Waals surface area contributed by atoms with E-state index >= 15 is 0 Å². The van der Waals surface area contributed by atoms with E-state index in [0.717, 1.165) is 15.0 Å². The molecule has 1 aromatic heterocycles. The second kappa shape index (κ2) is 10.3. The Morgan fingerprint density at radius 3 is 2.37 bits per heavy atom. The maximum Gasteiger partial charge on any atom is 0.469 e. The summed E-state index contributed by atoms with van der Waals surface area (Å²) in [5.74, 6) is 1.24. The third-order valence-corrected chi connectivity index (χ3v) is 7.35. The number of fused-ring (bicyclic) bond motifs is 2. The second-order valence-electron chi connectivity index (χ2n) is 8.26. The number of aliphatic hydroxyl groups excluding tert-OH is 1. The molecule has 11 heteroatoms. The van der Waals surface area contributed by atoms with Gasteiger partial charge in [0.25, 0.3) is 0 Å². The van der Waals surface area contributed by atoms with E-state index in [4.69, 9.17) is 31.9 Å². The summed E-state index contributed by atoms with van der Waals surface area (Å²) in [4.78, 5) is 31.0. The van der Waals surface area contributed by atoms with Crippen LogP contribution < -0.4 is 15.9 Å². The van der Waals surface area contributed by atoms with Crippen LogP contribution in [0.1, 0.15) is 12.0 Å². The van der Waals surface area contributed by atoms with Crippen molar-refractivity contribution < 1.29 is 28.7 Å². The number of phosphoric acid groups is 1. The van der Waals surface area contributed by atoms with Crippen LogP contribution in [-0.2, 0) is 15.5 Å². The third-order valence-electron chi connectivity index (χ3n) is 5.50. The molecular weight excluding hydrogens is 513 g/mol. The van der Waals surface area contributed by atoms with Crippen LogP contribution in [0.3, 0.4) is 0 Å². The monoisotopic (exact) mass is 535 g/mol. The second-order valence-corrected chi connectivity index (χ2v) is 11.0. The molecule has 0 aliphatic heterocycles. The summed E-state index contributed by atoms with van der Waals surface area (Å²) in [5.41, 5.74) is 5.42. The molecule has 184 valence electrons. The van der Waals surface area contributed by atoms with Gasteiger partial charge in [0.2, 0.25) is 0 Å². The van der Waals surface area contributed by atoms with E-state index in [0.29, 0.717) is 33.7 Å². The van der Waals surface area contributed by atoms with Crippen LogP contribution in [0.4, 0.5) is 0 Å². The number of phosphoric ester groups is 1. The van der Waals surface area contributed by atoms with E-state index in [-0.39, 0.29) is 11.8 Å². The highest BCUT2D eigenvalue weighted by molar-refractivity contribution is 7.46. The Bertz CT molecular complexity index is 1470. The van der Waals surface area contributed by atoms with Crippen LogP contribution in [0.15, 0.2) is 65.5 Å². The molecule has 8 nitrogen and oxygen atoms in total. The first-order valence-corrected chi connectivity index (χ1v) is 13.3. The quantitative estimate of drug-likeness (QED) is 0.180. The Labute approximate surface area is 209 Å². The molecule has 3 aromatic carbocycles. The fourth-order valence-corrected chi connectivity index (χ4v) is 5.17. The topological polar surface area (TPSA) is 139 Å². The fraction of sp³-hybridized carbons (Fsp3) is 0.208. The van der Waals surface area contributed by atoms with Crippen LogP contribution in [0.5, 0.6) is 11.5 Å². The van der Waals surface area contributed by atoms with E-state index in [1.165, 1.54) is 11.3 Å². The van der Waals surface area contributed by atoms with Crippen molar-refractivity contribution in [2.75, 3.05) is 13.2 Å². The molecule has 1 heterocycles. The Morgan fingerprint density at radius 2 is 1.69 bits per heavy atom.